The molecule has 0 saturated heterocycles. The molecule has 1 aliphatic rings. The molecule has 0 amide bonds. The molecule has 24 heavy (non-hydrogen) atoms. The molecule has 3 aromatic heterocycles. The van der Waals surface area contributed by atoms with Gasteiger partial charge in [0.15, 0.2) is 17.3 Å². The topological polar surface area (TPSA) is 82.2 Å². The molecule has 0 spiro atoms. The van der Waals surface area contributed by atoms with E-state index in [1.165, 1.54) is 19.2 Å². The van der Waals surface area contributed by atoms with Gasteiger partial charge in [-0.3, -0.25) is 0 Å². The molecule has 1 aliphatic carbocycles. The second-order valence-corrected chi connectivity index (χ2v) is 5.93. The van der Waals surface area contributed by atoms with Crippen molar-refractivity contribution in [1.82, 2.24) is 19.6 Å². The van der Waals surface area contributed by atoms with Crippen LogP contribution in [0.3, 0.4) is 0 Å². The first-order chi connectivity index (χ1) is 11.8. The van der Waals surface area contributed by atoms with Gasteiger partial charge >= 0.3 is 0 Å². The Morgan fingerprint density at radius 1 is 1.21 bits per heavy atom. The van der Waals surface area contributed by atoms with E-state index in [1.54, 1.807) is 4.52 Å². The van der Waals surface area contributed by atoms with E-state index in [4.69, 9.17) is 10.2 Å². The smallest absolute Gasteiger partial charge is 0.198 e. The molecule has 1 aromatic carbocycles. The summed E-state index contributed by atoms with van der Waals surface area (Å²) in [4.78, 5) is 8.58. The summed E-state index contributed by atoms with van der Waals surface area (Å²) in [6.45, 7) is 0. The van der Waals surface area contributed by atoms with E-state index < -0.39 is 0 Å². The molecule has 0 aliphatic heterocycles. The van der Waals surface area contributed by atoms with E-state index in [2.05, 4.69) is 26.9 Å². The molecule has 0 radical (unpaired) electrons. The van der Waals surface area contributed by atoms with Gasteiger partial charge in [-0.25, -0.2) is 14.5 Å². The van der Waals surface area contributed by atoms with Crippen LogP contribution in [0.1, 0.15) is 35.8 Å². The third kappa shape index (κ3) is 2.10. The van der Waals surface area contributed by atoms with Crippen LogP contribution in [0.2, 0.25) is 0 Å². The average Bonchev–Trinajstić information content (AvgIpc) is 3.22. The monoisotopic (exact) mass is 315 g/mol. The van der Waals surface area contributed by atoms with Gasteiger partial charge in [0.1, 0.15) is 17.4 Å². The Balaban J connectivity index is 1.55. The van der Waals surface area contributed by atoms with Crippen LogP contribution in [0.4, 0.5) is 5.82 Å². The van der Waals surface area contributed by atoms with Crippen LogP contribution in [-0.4, -0.2) is 19.6 Å². The highest BCUT2D eigenvalue weighted by atomic mass is 16.3. The zero-order valence-corrected chi connectivity index (χ0v) is 12.7. The molecule has 4 aromatic rings. The van der Waals surface area contributed by atoms with E-state index in [0.29, 0.717) is 11.7 Å². The highest BCUT2D eigenvalue weighted by Gasteiger charge is 2.28. The first kappa shape index (κ1) is 13.1. The van der Waals surface area contributed by atoms with Gasteiger partial charge in [-0.15, -0.1) is 0 Å². The lowest BCUT2D eigenvalue weighted by molar-refractivity contribution is 0.533. The summed E-state index contributed by atoms with van der Waals surface area (Å²) in [6, 6.07) is 7.70. The summed E-state index contributed by atoms with van der Waals surface area (Å²) in [5.41, 5.74) is 9.99. The Morgan fingerprint density at radius 2 is 2.12 bits per heavy atom. The predicted octanol–water partition coefficient (Wildman–Crippen LogP) is 2.73. The Morgan fingerprint density at radius 3 is 3.00 bits per heavy atom. The average molecular weight is 315 g/mol. The second-order valence-electron chi connectivity index (χ2n) is 5.93. The summed E-state index contributed by atoms with van der Waals surface area (Å²) in [5.74, 6) is 8.06. The molecule has 2 N–H and O–H groups in total. The van der Waals surface area contributed by atoms with Crippen LogP contribution in [0.15, 0.2) is 41.2 Å². The summed E-state index contributed by atoms with van der Waals surface area (Å²) in [5, 5.41) is 4.12. The lowest BCUT2D eigenvalue weighted by atomic mass is 10.2. The van der Waals surface area contributed by atoms with Gasteiger partial charge in [0.05, 0.1) is 5.56 Å². The van der Waals surface area contributed by atoms with Crippen LogP contribution >= 0.6 is 0 Å². The van der Waals surface area contributed by atoms with Crippen molar-refractivity contribution in [1.29, 1.82) is 0 Å². The Hall–Kier alpha value is -3.33. The van der Waals surface area contributed by atoms with Crippen molar-refractivity contribution in [2.75, 3.05) is 5.73 Å². The minimum atomic E-state index is 0.417. The van der Waals surface area contributed by atoms with E-state index in [9.17, 15) is 0 Å². The maximum atomic E-state index is 5.92. The fourth-order valence-corrected chi connectivity index (χ4v) is 2.75. The third-order valence-corrected chi connectivity index (χ3v) is 4.15. The zero-order chi connectivity index (χ0) is 16.1. The SMILES string of the molecule is Nc1ncnn2ccc(C#Cc3ccc4oc(C5CC5)nc4c3)c12. The largest absolute Gasteiger partial charge is 0.440 e. The number of aromatic nitrogens is 4. The van der Waals surface area contributed by atoms with Gasteiger partial charge in [0.2, 0.25) is 0 Å². The lowest BCUT2D eigenvalue weighted by Gasteiger charge is -1.96. The maximum Gasteiger partial charge on any atom is 0.198 e. The molecule has 3 heterocycles. The number of hydrogen-bond donors (Lipinski definition) is 1. The molecule has 116 valence electrons. The quantitative estimate of drug-likeness (QED) is 0.546. The maximum absolute atomic E-state index is 5.92. The molecule has 5 rings (SSSR count). The van der Waals surface area contributed by atoms with Gasteiger partial charge < -0.3 is 10.2 Å². The van der Waals surface area contributed by atoms with E-state index in [0.717, 1.165) is 33.6 Å². The van der Waals surface area contributed by atoms with E-state index in [1.807, 2.05) is 30.5 Å². The molecule has 0 unspecified atom stereocenters. The number of fused-ring (bicyclic) bond motifs is 2. The highest BCUT2D eigenvalue weighted by Crippen LogP contribution is 2.40. The van der Waals surface area contributed by atoms with Crippen molar-refractivity contribution in [2.24, 2.45) is 0 Å². The van der Waals surface area contributed by atoms with Crippen molar-refractivity contribution >= 4 is 22.4 Å². The van der Waals surface area contributed by atoms with Gasteiger partial charge in [-0.05, 0) is 37.1 Å². The lowest BCUT2D eigenvalue weighted by Crippen LogP contribution is -1.98. The van der Waals surface area contributed by atoms with Crippen LogP contribution in [0.5, 0.6) is 0 Å². The third-order valence-electron chi connectivity index (χ3n) is 4.15. The normalized spacial score (nSPS) is 14.0. The van der Waals surface area contributed by atoms with Crippen LogP contribution in [0.25, 0.3) is 16.6 Å². The summed E-state index contributed by atoms with van der Waals surface area (Å²) >= 11 is 0. The van der Waals surface area contributed by atoms with Crippen molar-refractivity contribution < 1.29 is 4.42 Å². The Kier molecular flexibility index (Phi) is 2.65. The molecular weight excluding hydrogens is 302 g/mol. The van der Waals surface area contributed by atoms with Crippen LogP contribution in [-0.2, 0) is 0 Å². The fourth-order valence-electron chi connectivity index (χ4n) is 2.75. The number of nitrogen functional groups attached to an aromatic ring is 1. The number of oxazole rings is 1. The first-order valence-electron chi connectivity index (χ1n) is 7.78. The van der Waals surface area contributed by atoms with Crippen LogP contribution < -0.4 is 5.73 Å². The van der Waals surface area contributed by atoms with E-state index in [-0.39, 0.29) is 0 Å². The molecule has 6 nitrogen and oxygen atoms in total. The van der Waals surface area contributed by atoms with E-state index >= 15 is 0 Å². The first-order valence-corrected chi connectivity index (χ1v) is 7.78. The summed E-state index contributed by atoms with van der Waals surface area (Å²) in [6.07, 6.45) is 5.59. The molecular formula is C18H13N5O. The molecule has 1 saturated carbocycles. The number of anilines is 1. The van der Waals surface area contributed by atoms with Gasteiger partial charge in [-0.2, -0.15) is 5.10 Å². The fraction of sp³-hybridized carbons (Fsp3) is 0.167. The number of nitrogens with two attached hydrogens (primary N) is 1. The van der Waals surface area contributed by atoms with Gasteiger partial charge in [0, 0.05) is 17.7 Å². The van der Waals surface area contributed by atoms with Crippen molar-refractivity contribution in [2.45, 2.75) is 18.8 Å². The minimum absolute atomic E-state index is 0.417. The minimum Gasteiger partial charge on any atom is -0.440 e. The van der Waals surface area contributed by atoms with Crippen molar-refractivity contribution in [3.63, 3.8) is 0 Å². The second kappa shape index (κ2) is 4.83. The van der Waals surface area contributed by atoms with Gasteiger partial charge in [0.25, 0.3) is 0 Å². The predicted molar refractivity (Wildman–Crippen MR) is 89.4 cm³/mol. The number of rotatable bonds is 1. The number of hydrogen-bond acceptors (Lipinski definition) is 5. The number of benzene rings is 1. The molecule has 0 atom stereocenters. The van der Waals surface area contributed by atoms with Crippen LogP contribution in [0, 0.1) is 11.8 Å². The van der Waals surface area contributed by atoms with Gasteiger partial charge in [-0.1, -0.05) is 11.8 Å². The van der Waals surface area contributed by atoms with Crippen molar-refractivity contribution in [3.05, 3.63) is 53.8 Å². The Labute approximate surface area is 137 Å². The van der Waals surface area contributed by atoms with Crippen molar-refractivity contribution in [3.8, 4) is 11.8 Å². The number of nitrogens with zero attached hydrogens (tertiary/aromatic N) is 4. The Bertz CT molecular complexity index is 1140. The molecule has 0 bridgehead atoms. The summed E-state index contributed by atoms with van der Waals surface area (Å²) < 4.78 is 7.45. The highest BCUT2D eigenvalue weighted by molar-refractivity contribution is 5.77. The standard InChI is InChI=1S/C18H13N5O/c19-17-16-12(7-8-23(16)21-10-20-17)3-1-11-2-6-15-14(9-11)22-18(24-15)13-4-5-13/h2,6-10,13H,4-5H2,(H2,19,20,21). The summed E-state index contributed by atoms with van der Waals surface area (Å²) in [7, 11) is 0. The molecule has 6 heteroatoms. The zero-order valence-electron chi connectivity index (χ0n) is 12.7. The molecule has 1 fully saturated rings.